The molecule has 0 unspecified atom stereocenters. The van der Waals surface area contributed by atoms with E-state index in [-0.39, 0.29) is 17.5 Å². The predicted molar refractivity (Wildman–Crippen MR) is 63.1 cm³/mol. The molecular weight excluding hydrogens is 260 g/mol. The first-order valence-corrected chi connectivity index (χ1v) is 6.56. The van der Waals surface area contributed by atoms with Crippen LogP contribution in [0.15, 0.2) is 0 Å². The van der Waals surface area contributed by atoms with E-state index in [1.165, 1.54) is 19.3 Å². The van der Waals surface area contributed by atoms with Crippen molar-refractivity contribution in [3.05, 3.63) is 0 Å². The number of ether oxygens (including phenoxy) is 1. The van der Waals surface area contributed by atoms with Crippen molar-refractivity contribution in [3.63, 3.8) is 0 Å². The van der Waals surface area contributed by atoms with E-state index in [4.69, 9.17) is 4.74 Å². The van der Waals surface area contributed by atoms with E-state index >= 15 is 0 Å². The molecule has 15 heavy (non-hydrogen) atoms. The number of hydrogen-bond acceptors (Lipinski definition) is 3. The first-order chi connectivity index (χ1) is 7.20. The second-order valence-electron chi connectivity index (χ2n) is 3.48. The molecule has 0 heterocycles. The molecule has 4 heteroatoms. The van der Waals surface area contributed by atoms with Gasteiger partial charge in [0, 0.05) is 0 Å². The molecule has 0 saturated heterocycles. The van der Waals surface area contributed by atoms with Crippen molar-refractivity contribution in [2.45, 2.75) is 45.4 Å². The second-order valence-corrected chi connectivity index (χ2v) is 4.04. The Labute approximate surface area is 99.7 Å². The molecule has 0 N–H and O–H groups in total. The van der Waals surface area contributed by atoms with E-state index in [0.29, 0.717) is 6.61 Å². The summed E-state index contributed by atoms with van der Waals surface area (Å²) in [5.74, 6) is -0.541. The van der Waals surface area contributed by atoms with Crippen molar-refractivity contribution in [2.24, 2.45) is 0 Å². The van der Waals surface area contributed by atoms with Gasteiger partial charge < -0.3 is 4.74 Å². The van der Waals surface area contributed by atoms with Crippen molar-refractivity contribution < 1.29 is 14.3 Å². The van der Waals surface area contributed by atoms with Gasteiger partial charge in [-0.25, -0.2) is 0 Å². The quantitative estimate of drug-likeness (QED) is 0.282. The van der Waals surface area contributed by atoms with Gasteiger partial charge in [-0.1, -0.05) is 48.5 Å². The minimum atomic E-state index is -0.407. The van der Waals surface area contributed by atoms with E-state index < -0.39 is 5.97 Å². The number of halogens is 1. The number of ketones is 1. The van der Waals surface area contributed by atoms with Gasteiger partial charge in [-0.3, -0.25) is 9.59 Å². The monoisotopic (exact) mass is 278 g/mol. The smallest absolute Gasteiger partial charge is 0.313 e. The average molecular weight is 279 g/mol. The number of hydrogen-bond donors (Lipinski definition) is 0. The molecule has 0 bridgehead atoms. The van der Waals surface area contributed by atoms with Crippen LogP contribution in [0.1, 0.15) is 45.4 Å². The first-order valence-electron chi connectivity index (χ1n) is 5.44. The highest BCUT2D eigenvalue weighted by atomic mass is 79.9. The maximum atomic E-state index is 11.0. The second kappa shape index (κ2) is 10.1. The molecule has 0 rings (SSSR count). The van der Waals surface area contributed by atoms with E-state index in [1.807, 2.05) is 0 Å². The zero-order chi connectivity index (χ0) is 11.5. The van der Waals surface area contributed by atoms with Crippen LogP contribution in [0, 0.1) is 0 Å². The van der Waals surface area contributed by atoms with E-state index in [1.54, 1.807) is 0 Å². The number of Topliss-reactive ketones (excluding diaryl/α,β-unsaturated/α-hetero) is 1. The Morgan fingerprint density at radius 3 is 2.40 bits per heavy atom. The lowest BCUT2D eigenvalue weighted by Crippen LogP contribution is -2.12. The van der Waals surface area contributed by atoms with Crippen molar-refractivity contribution >= 4 is 27.7 Å². The molecule has 0 atom stereocenters. The van der Waals surface area contributed by atoms with E-state index in [0.717, 1.165) is 12.8 Å². The highest BCUT2D eigenvalue weighted by molar-refractivity contribution is 9.09. The number of carbonyl (C=O) groups excluding carboxylic acids is 2. The van der Waals surface area contributed by atoms with Crippen molar-refractivity contribution in [3.8, 4) is 0 Å². The minimum absolute atomic E-state index is 0.111. The summed E-state index contributed by atoms with van der Waals surface area (Å²) in [4.78, 5) is 21.9. The zero-order valence-corrected chi connectivity index (χ0v) is 10.8. The SMILES string of the molecule is CCCCCCCOC(=O)CC(=O)CBr. The zero-order valence-electron chi connectivity index (χ0n) is 9.26. The molecular formula is C11H19BrO3. The third kappa shape index (κ3) is 9.91. The fourth-order valence-corrected chi connectivity index (χ4v) is 1.35. The predicted octanol–water partition coefficient (Wildman–Crippen LogP) is 2.85. The van der Waals surface area contributed by atoms with Crippen molar-refractivity contribution in [2.75, 3.05) is 11.9 Å². The molecule has 0 amide bonds. The Bertz CT molecular complexity index is 192. The van der Waals surface area contributed by atoms with Crippen LogP contribution >= 0.6 is 15.9 Å². The summed E-state index contributed by atoms with van der Waals surface area (Å²) in [6.45, 7) is 2.60. The molecule has 0 spiro atoms. The number of rotatable bonds is 9. The molecule has 0 aromatic carbocycles. The van der Waals surface area contributed by atoms with Crippen LogP contribution in [0.25, 0.3) is 0 Å². The Morgan fingerprint density at radius 1 is 1.13 bits per heavy atom. The summed E-state index contributed by atoms with van der Waals surface area (Å²) in [5, 5.41) is 0.221. The van der Waals surface area contributed by atoms with Gasteiger partial charge in [0.15, 0.2) is 5.78 Å². The summed E-state index contributed by atoms with van der Waals surface area (Å²) in [6.07, 6.45) is 5.51. The van der Waals surface area contributed by atoms with E-state index in [2.05, 4.69) is 22.9 Å². The molecule has 0 aromatic heterocycles. The summed E-state index contributed by atoms with van der Waals surface area (Å²) in [6, 6.07) is 0. The highest BCUT2D eigenvalue weighted by Crippen LogP contribution is 2.03. The van der Waals surface area contributed by atoms with Gasteiger partial charge in [0.1, 0.15) is 6.42 Å². The van der Waals surface area contributed by atoms with Gasteiger partial charge in [-0.15, -0.1) is 0 Å². The van der Waals surface area contributed by atoms with Crippen LogP contribution in [0.2, 0.25) is 0 Å². The molecule has 0 fully saturated rings. The van der Waals surface area contributed by atoms with Crippen LogP contribution in [0.3, 0.4) is 0 Å². The molecule has 0 aliphatic heterocycles. The summed E-state index contributed by atoms with van der Waals surface area (Å²) < 4.78 is 4.91. The third-order valence-electron chi connectivity index (χ3n) is 2.00. The third-order valence-corrected chi connectivity index (χ3v) is 2.63. The first kappa shape index (κ1) is 14.6. The Hall–Kier alpha value is -0.380. The highest BCUT2D eigenvalue weighted by Gasteiger charge is 2.08. The van der Waals surface area contributed by atoms with Crippen LogP contribution in [0.5, 0.6) is 0 Å². The lowest BCUT2D eigenvalue weighted by molar-refractivity contribution is -0.145. The Kier molecular flexibility index (Phi) is 9.89. The molecule has 0 aliphatic rings. The maximum Gasteiger partial charge on any atom is 0.313 e. The molecule has 0 radical (unpaired) electrons. The summed E-state index contributed by atoms with van der Waals surface area (Å²) in [7, 11) is 0. The lowest BCUT2D eigenvalue weighted by atomic mass is 10.2. The number of carbonyl (C=O) groups is 2. The largest absolute Gasteiger partial charge is 0.465 e. The van der Waals surface area contributed by atoms with Crippen LogP contribution in [0.4, 0.5) is 0 Å². The van der Waals surface area contributed by atoms with E-state index in [9.17, 15) is 9.59 Å². The fraction of sp³-hybridized carbons (Fsp3) is 0.818. The molecule has 88 valence electrons. The van der Waals surface area contributed by atoms with Gasteiger partial charge in [-0.2, -0.15) is 0 Å². The summed E-state index contributed by atoms with van der Waals surface area (Å²) in [5.41, 5.74) is 0. The van der Waals surface area contributed by atoms with Crippen molar-refractivity contribution in [1.82, 2.24) is 0 Å². The number of unbranched alkanes of at least 4 members (excludes halogenated alkanes) is 4. The minimum Gasteiger partial charge on any atom is -0.465 e. The van der Waals surface area contributed by atoms with Gasteiger partial charge in [0.05, 0.1) is 11.9 Å². The normalized spacial score (nSPS) is 10.0. The van der Waals surface area contributed by atoms with Gasteiger partial charge in [-0.05, 0) is 6.42 Å². The number of alkyl halides is 1. The Balaban J connectivity index is 3.28. The molecule has 0 aliphatic carbocycles. The molecule has 0 aromatic rings. The van der Waals surface area contributed by atoms with Gasteiger partial charge >= 0.3 is 5.97 Å². The summed E-state index contributed by atoms with van der Waals surface area (Å²) >= 11 is 3.00. The Morgan fingerprint density at radius 2 is 1.80 bits per heavy atom. The van der Waals surface area contributed by atoms with Gasteiger partial charge in [0.2, 0.25) is 0 Å². The fourth-order valence-electron chi connectivity index (χ4n) is 1.15. The standard InChI is InChI=1S/C11H19BrO3/c1-2-3-4-5-6-7-15-11(14)8-10(13)9-12/h2-9H2,1H3. The van der Waals surface area contributed by atoms with Crippen molar-refractivity contribution in [1.29, 1.82) is 0 Å². The maximum absolute atomic E-state index is 11.0. The average Bonchev–Trinajstić information content (AvgIpc) is 2.23. The molecule has 0 saturated carbocycles. The topological polar surface area (TPSA) is 43.4 Å². The lowest BCUT2D eigenvalue weighted by Gasteiger charge is -2.03. The number of esters is 1. The van der Waals surface area contributed by atoms with Crippen LogP contribution in [-0.4, -0.2) is 23.7 Å². The molecule has 3 nitrogen and oxygen atoms in total. The van der Waals surface area contributed by atoms with Gasteiger partial charge in [0.25, 0.3) is 0 Å². The van der Waals surface area contributed by atoms with Crippen LogP contribution in [-0.2, 0) is 14.3 Å². The van der Waals surface area contributed by atoms with Crippen LogP contribution < -0.4 is 0 Å².